The van der Waals surface area contributed by atoms with Gasteiger partial charge in [-0.2, -0.15) is 0 Å². The third kappa shape index (κ3) is 3.68. The molecule has 0 bridgehead atoms. The van der Waals surface area contributed by atoms with Crippen molar-refractivity contribution in [1.82, 2.24) is 14.8 Å². The van der Waals surface area contributed by atoms with Gasteiger partial charge in [-0.15, -0.1) is 10.2 Å². The first-order chi connectivity index (χ1) is 8.18. The number of halogens is 1. The van der Waals surface area contributed by atoms with Gasteiger partial charge in [0.15, 0.2) is 0 Å². The standard InChI is InChI=1S/C12H20ClN3O/c1-9(2)17-8-4-3-7-16-11(10-5-6-10)14-15-12(16)13/h9-10H,3-8H2,1-2H3. The molecule has 5 heteroatoms. The maximum absolute atomic E-state index is 6.04. The molecule has 1 aromatic rings. The van der Waals surface area contributed by atoms with Crippen LogP contribution in [0.2, 0.25) is 5.28 Å². The van der Waals surface area contributed by atoms with Crippen LogP contribution in [0.5, 0.6) is 0 Å². The van der Waals surface area contributed by atoms with Crippen molar-refractivity contribution in [3.63, 3.8) is 0 Å². The molecule has 0 spiro atoms. The Morgan fingerprint density at radius 3 is 2.76 bits per heavy atom. The normalized spacial score (nSPS) is 15.8. The summed E-state index contributed by atoms with van der Waals surface area (Å²) in [4.78, 5) is 0. The third-order valence-corrected chi connectivity index (χ3v) is 3.18. The predicted molar refractivity (Wildman–Crippen MR) is 67.3 cm³/mol. The first-order valence-electron chi connectivity index (χ1n) is 6.38. The summed E-state index contributed by atoms with van der Waals surface area (Å²) in [5.74, 6) is 1.67. The van der Waals surface area contributed by atoms with Crippen LogP contribution >= 0.6 is 11.6 Å². The fourth-order valence-electron chi connectivity index (χ4n) is 1.84. The molecule has 1 aliphatic rings. The van der Waals surface area contributed by atoms with Crippen molar-refractivity contribution in [1.29, 1.82) is 0 Å². The summed E-state index contributed by atoms with van der Waals surface area (Å²) in [6, 6.07) is 0. The van der Waals surface area contributed by atoms with Gasteiger partial charge in [0.05, 0.1) is 6.10 Å². The summed E-state index contributed by atoms with van der Waals surface area (Å²) < 4.78 is 7.56. The van der Waals surface area contributed by atoms with Crippen LogP contribution < -0.4 is 0 Å². The highest BCUT2D eigenvalue weighted by Crippen LogP contribution is 2.39. The van der Waals surface area contributed by atoms with Crippen LogP contribution in [0.15, 0.2) is 0 Å². The molecular weight excluding hydrogens is 238 g/mol. The van der Waals surface area contributed by atoms with Crippen molar-refractivity contribution >= 4 is 11.6 Å². The summed E-state index contributed by atoms with van der Waals surface area (Å²) in [5, 5.41) is 8.63. The molecule has 1 fully saturated rings. The highest BCUT2D eigenvalue weighted by Gasteiger charge is 2.29. The lowest BCUT2D eigenvalue weighted by atomic mass is 10.3. The molecular formula is C12H20ClN3O. The third-order valence-electron chi connectivity index (χ3n) is 2.90. The summed E-state index contributed by atoms with van der Waals surface area (Å²) >= 11 is 6.04. The average Bonchev–Trinajstić information content (AvgIpc) is 3.04. The number of nitrogens with zero attached hydrogens (tertiary/aromatic N) is 3. The van der Waals surface area contributed by atoms with E-state index in [0.717, 1.165) is 31.8 Å². The summed E-state index contributed by atoms with van der Waals surface area (Å²) in [7, 11) is 0. The molecule has 0 atom stereocenters. The van der Waals surface area contributed by atoms with Gasteiger partial charge in [-0.25, -0.2) is 0 Å². The quantitative estimate of drug-likeness (QED) is 0.705. The predicted octanol–water partition coefficient (Wildman–Crippen LogP) is 3.01. The van der Waals surface area contributed by atoms with E-state index in [9.17, 15) is 0 Å². The first-order valence-corrected chi connectivity index (χ1v) is 6.76. The zero-order chi connectivity index (χ0) is 12.3. The van der Waals surface area contributed by atoms with Crippen molar-refractivity contribution in [2.45, 2.75) is 58.1 Å². The molecule has 1 aromatic heterocycles. The van der Waals surface area contributed by atoms with Gasteiger partial charge in [0.25, 0.3) is 0 Å². The van der Waals surface area contributed by atoms with Gasteiger partial charge in [0.2, 0.25) is 5.28 Å². The Hall–Kier alpha value is -0.610. The maximum Gasteiger partial charge on any atom is 0.225 e. The second kappa shape index (κ2) is 5.83. The molecule has 0 aliphatic heterocycles. The van der Waals surface area contributed by atoms with E-state index in [0.29, 0.717) is 17.3 Å². The molecule has 1 aliphatic carbocycles. The SMILES string of the molecule is CC(C)OCCCCn1c(Cl)nnc1C1CC1. The molecule has 2 rings (SSSR count). The van der Waals surface area contributed by atoms with E-state index in [1.54, 1.807) is 0 Å². The Bertz CT molecular complexity index is 361. The number of rotatable bonds is 7. The second-order valence-electron chi connectivity index (χ2n) is 4.88. The van der Waals surface area contributed by atoms with E-state index in [1.807, 2.05) is 0 Å². The van der Waals surface area contributed by atoms with Crippen molar-refractivity contribution in [3.05, 3.63) is 11.1 Å². The van der Waals surface area contributed by atoms with Gasteiger partial charge >= 0.3 is 0 Å². The number of ether oxygens (including phenoxy) is 1. The van der Waals surface area contributed by atoms with E-state index in [-0.39, 0.29) is 0 Å². The number of hydrogen-bond donors (Lipinski definition) is 0. The van der Waals surface area contributed by atoms with Crippen LogP contribution in [0.25, 0.3) is 0 Å². The molecule has 0 aromatic carbocycles. The molecule has 1 heterocycles. The van der Waals surface area contributed by atoms with Gasteiger partial charge < -0.3 is 9.30 Å². The van der Waals surface area contributed by atoms with Crippen LogP contribution in [0.4, 0.5) is 0 Å². The molecule has 17 heavy (non-hydrogen) atoms. The van der Waals surface area contributed by atoms with Gasteiger partial charge in [0, 0.05) is 19.1 Å². The van der Waals surface area contributed by atoms with E-state index in [2.05, 4.69) is 28.6 Å². The summed E-state index contributed by atoms with van der Waals surface area (Å²) in [5.41, 5.74) is 0. The lowest BCUT2D eigenvalue weighted by Gasteiger charge is -2.09. The minimum absolute atomic E-state index is 0.315. The smallest absolute Gasteiger partial charge is 0.225 e. The molecule has 0 unspecified atom stereocenters. The highest BCUT2D eigenvalue weighted by molar-refractivity contribution is 6.28. The molecule has 96 valence electrons. The van der Waals surface area contributed by atoms with Crippen molar-refractivity contribution in [2.24, 2.45) is 0 Å². The van der Waals surface area contributed by atoms with Crippen LogP contribution in [0.1, 0.15) is 51.3 Å². The zero-order valence-corrected chi connectivity index (χ0v) is 11.3. The van der Waals surface area contributed by atoms with Crippen LogP contribution in [-0.4, -0.2) is 27.5 Å². The summed E-state index contributed by atoms with van der Waals surface area (Å²) in [6.07, 6.45) is 4.88. The average molecular weight is 258 g/mol. The van der Waals surface area contributed by atoms with Gasteiger partial charge in [-0.05, 0) is 51.1 Å². The van der Waals surface area contributed by atoms with E-state index in [4.69, 9.17) is 16.3 Å². The Balaban J connectivity index is 1.76. The van der Waals surface area contributed by atoms with Crippen LogP contribution in [0.3, 0.4) is 0 Å². The lowest BCUT2D eigenvalue weighted by Crippen LogP contribution is -2.07. The monoisotopic (exact) mass is 257 g/mol. The fourth-order valence-corrected chi connectivity index (χ4v) is 2.05. The number of unbranched alkanes of at least 4 members (excludes halogenated alkanes) is 1. The first kappa shape index (κ1) is 12.8. The van der Waals surface area contributed by atoms with Gasteiger partial charge in [-0.1, -0.05) is 0 Å². The van der Waals surface area contributed by atoms with Gasteiger partial charge in [0.1, 0.15) is 5.82 Å². The molecule has 0 radical (unpaired) electrons. The van der Waals surface area contributed by atoms with Crippen molar-refractivity contribution in [2.75, 3.05) is 6.61 Å². The van der Waals surface area contributed by atoms with E-state index < -0.39 is 0 Å². The number of hydrogen-bond acceptors (Lipinski definition) is 3. The topological polar surface area (TPSA) is 39.9 Å². The minimum atomic E-state index is 0.315. The Morgan fingerprint density at radius 1 is 1.35 bits per heavy atom. The molecule has 0 amide bonds. The lowest BCUT2D eigenvalue weighted by molar-refractivity contribution is 0.0754. The largest absolute Gasteiger partial charge is 0.379 e. The molecule has 0 N–H and O–H groups in total. The Kier molecular flexibility index (Phi) is 4.40. The summed E-state index contributed by atoms with van der Waals surface area (Å²) in [6.45, 7) is 5.83. The molecule has 1 saturated carbocycles. The maximum atomic E-state index is 6.04. The minimum Gasteiger partial charge on any atom is -0.379 e. The highest BCUT2D eigenvalue weighted by atomic mass is 35.5. The van der Waals surface area contributed by atoms with Crippen LogP contribution in [-0.2, 0) is 11.3 Å². The molecule has 0 saturated heterocycles. The fraction of sp³-hybridized carbons (Fsp3) is 0.833. The van der Waals surface area contributed by atoms with Gasteiger partial charge in [-0.3, -0.25) is 0 Å². The van der Waals surface area contributed by atoms with E-state index >= 15 is 0 Å². The van der Waals surface area contributed by atoms with Crippen molar-refractivity contribution in [3.8, 4) is 0 Å². The number of aromatic nitrogens is 3. The van der Waals surface area contributed by atoms with E-state index in [1.165, 1.54) is 12.8 Å². The molecule has 4 nitrogen and oxygen atoms in total. The van der Waals surface area contributed by atoms with Crippen LogP contribution in [0, 0.1) is 0 Å². The Labute approximate surface area is 107 Å². The zero-order valence-electron chi connectivity index (χ0n) is 10.5. The van der Waals surface area contributed by atoms with Crippen molar-refractivity contribution < 1.29 is 4.74 Å². The Morgan fingerprint density at radius 2 is 2.12 bits per heavy atom. The second-order valence-corrected chi connectivity index (χ2v) is 5.22.